The number of hydrogen-bond acceptors (Lipinski definition) is 4. The van der Waals surface area contributed by atoms with Crippen LogP contribution in [-0.2, 0) is 16.1 Å². The molecule has 1 aliphatic heterocycles. The Kier molecular flexibility index (Phi) is 3.93. The summed E-state index contributed by atoms with van der Waals surface area (Å²) in [6.45, 7) is 3.92. The van der Waals surface area contributed by atoms with Gasteiger partial charge in [0.1, 0.15) is 0 Å². The van der Waals surface area contributed by atoms with Crippen LogP contribution in [0.25, 0.3) is 0 Å². The molecule has 114 valence electrons. The molecule has 3 atom stereocenters. The van der Waals surface area contributed by atoms with E-state index in [1.807, 2.05) is 24.5 Å². The van der Waals surface area contributed by atoms with Crippen LogP contribution in [0.15, 0.2) is 24.5 Å². The Morgan fingerprint density at radius 1 is 1.19 bits per heavy atom. The van der Waals surface area contributed by atoms with Gasteiger partial charge in [-0.15, -0.1) is 0 Å². The Labute approximate surface area is 126 Å². The van der Waals surface area contributed by atoms with E-state index in [9.17, 15) is 0 Å². The lowest BCUT2D eigenvalue weighted by Gasteiger charge is -2.39. The van der Waals surface area contributed by atoms with Crippen molar-refractivity contribution in [3.8, 4) is 0 Å². The molecule has 0 unspecified atom stereocenters. The maximum atomic E-state index is 6.15. The van der Waals surface area contributed by atoms with E-state index in [4.69, 9.17) is 9.47 Å². The fourth-order valence-corrected chi connectivity index (χ4v) is 3.71. The van der Waals surface area contributed by atoms with Crippen molar-refractivity contribution in [2.75, 3.05) is 19.7 Å². The summed E-state index contributed by atoms with van der Waals surface area (Å²) in [5.41, 5.74) is 1.19. The summed E-state index contributed by atoms with van der Waals surface area (Å²) in [4.78, 5) is 6.72. The molecule has 3 aliphatic rings. The molecule has 0 amide bonds. The second-order valence-electron chi connectivity index (χ2n) is 6.62. The molecule has 0 aromatic carbocycles. The first kappa shape index (κ1) is 13.7. The van der Waals surface area contributed by atoms with Gasteiger partial charge in [0.25, 0.3) is 0 Å². The number of aromatic nitrogens is 1. The monoisotopic (exact) mass is 288 g/mol. The van der Waals surface area contributed by atoms with Crippen LogP contribution in [0.2, 0.25) is 0 Å². The largest absolute Gasteiger partial charge is 0.373 e. The van der Waals surface area contributed by atoms with Crippen molar-refractivity contribution in [2.24, 2.45) is 5.92 Å². The lowest BCUT2D eigenvalue weighted by Crippen LogP contribution is -2.52. The minimum atomic E-state index is 0.255. The van der Waals surface area contributed by atoms with Gasteiger partial charge in [-0.2, -0.15) is 0 Å². The molecule has 2 aliphatic carbocycles. The summed E-state index contributed by atoms with van der Waals surface area (Å²) in [6.07, 6.45) is 9.38. The van der Waals surface area contributed by atoms with Crippen LogP contribution in [0.1, 0.15) is 31.2 Å². The van der Waals surface area contributed by atoms with Gasteiger partial charge in [0, 0.05) is 31.5 Å². The van der Waals surface area contributed by atoms with E-state index in [1.54, 1.807) is 0 Å². The van der Waals surface area contributed by atoms with Gasteiger partial charge in [-0.3, -0.25) is 9.88 Å². The van der Waals surface area contributed by atoms with Crippen LogP contribution in [0.3, 0.4) is 0 Å². The molecule has 3 fully saturated rings. The number of nitrogens with zero attached hydrogens (tertiary/aromatic N) is 2. The molecule has 2 saturated carbocycles. The van der Waals surface area contributed by atoms with Crippen LogP contribution in [-0.4, -0.2) is 47.8 Å². The highest BCUT2D eigenvalue weighted by atomic mass is 16.5. The zero-order valence-corrected chi connectivity index (χ0v) is 12.5. The fraction of sp³-hybridized carbons (Fsp3) is 0.706. The van der Waals surface area contributed by atoms with Crippen molar-refractivity contribution in [1.29, 1.82) is 0 Å². The van der Waals surface area contributed by atoms with Crippen LogP contribution in [0, 0.1) is 5.92 Å². The molecule has 0 spiro atoms. The fourth-order valence-electron chi connectivity index (χ4n) is 3.71. The first-order valence-electron chi connectivity index (χ1n) is 8.26. The Morgan fingerprint density at radius 3 is 2.86 bits per heavy atom. The topological polar surface area (TPSA) is 34.6 Å². The van der Waals surface area contributed by atoms with Gasteiger partial charge in [0.15, 0.2) is 0 Å². The maximum Gasteiger partial charge on any atom is 0.0992 e. The highest BCUT2D eigenvalue weighted by molar-refractivity contribution is 5.08. The van der Waals surface area contributed by atoms with E-state index in [2.05, 4.69) is 9.88 Å². The highest BCUT2D eigenvalue weighted by Crippen LogP contribution is 2.36. The third kappa shape index (κ3) is 3.12. The minimum Gasteiger partial charge on any atom is -0.373 e. The van der Waals surface area contributed by atoms with Crippen molar-refractivity contribution in [3.63, 3.8) is 0 Å². The molecule has 4 nitrogen and oxygen atoms in total. The summed E-state index contributed by atoms with van der Waals surface area (Å²) in [5.74, 6) is 0.959. The summed E-state index contributed by atoms with van der Waals surface area (Å²) >= 11 is 0. The van der Waals surface area contributed by atoms with Gasteiger partial charge in [-0.25, -0.2) is 0 Å². The first-order chi connectivity index (χ1) is 10.4. The zero-order chi connectivity index (χ0) is 14.1. The molecule has 2 heterocycles. The first-order valence-corrected chi connectivity index (χ1v) is 8.26. The Balaban J connectivity index is 1.34. The summed E-state index contributed by atoms with van der Waals surface area (Å²) in [5, 5.41) is 0. The number of hydrogen-bond donors (Lipinski definition) is 0. The molecule has 0 N–H and O–H groups in total. The second kappa shape index (κ2) is 6.03. The predicted molar refractivity (Wildman–Crippen MR) is 79.9 cm³/mol. The Hall–Kier alpha value is -0.970. The third-order valence-electron chi connectivity index (χ3n) is 5.05. The van der Waals surface area contributed by atoms with Crippen molar-refractivity contribution < 1.29 is 9.47 Å². The normalized spacial score (nSPS) is 33.0. The van der Waals surface area contributed by atoms with Crippen molar-refractivity contribution in [3.05, 3.63) is 30.1 Å². The lowest BCUT2D eigenvalue weighted by atomic mass is 10.1. The van der Waals surface area contributed by atoms with Crippen LogP contribution in [0.4, 0.5) is 0 Å². The van der Waals surface area contributed by atoms with Gasteiger partial charge in [0.05, 0.1) is 25.4 Å². The number of morpholine rings is 1. The standard InChI is InChI=1S/C17H24N2O2/c1-2-13(1)11-19-9-10-20-17-15(19)3-4-16(17)21-12-14-5-7-18-8-6-14/h5-8,13,15-17H,1-4,9-12H2/t15-,16+,17+/m1/s1. The highest BCUT2D eigenvalue weighted by Gasteiger charge is 2.44. The number of pyridine rings is 1. The van der Waals surface area contributed by atoms with Gasteiger partial charge in [0.2, 0.25) is 0 Å². The van der Waals surface area contributed by atoms with Crippen molar-refractivity contribution >= 4 is 0 Å². The van der Waals surface area contributed by atoms with E-state index in [1.165, 1.54) is 31.4 Å². The third-order valence-corrected chi connectivity index (χ3v) is 5.05. The average Bonchev–Trinajstić information content (AvgIpc) is 3.24. The molecule has 0 bridgehead atoms. The zero-order valence-electron chi connectivity index (χ0n) is 12.5. The molecular weight excluding hydrogens is 264 g/mol. The van der Waals surface area contributed by atoms with Gasteiger partial charge in [-0.1, -0.05) is 0 Å². The van der Waals surface area contributed by atoms with Crippen molar-refractivity contribution in [2.45, 2.75) is 50.5 Å². The van der Waals surface area contributed by atoms with E-state index in [-0.39, 0.29) is 12.2 Å². The number of fused-ring (bicyclic) bond motifs is 1. The molecule has 4 rings (SSSR count). The van der Waals surface area contributed by atoms with E-state index in [0.717, 1.165) is 25.5 Å². The minimum absolute atomic E-state index is 0.255. The predicted octanol–water partition coefficient (Wildman–Crippen LogP) is 2.24. The second-order valence-corrected chi connectivity index (χ2v) is 6.62. The van der Waals surface area contributed by atoms with E-state index >= 15 is 0 Å². The van der Waals surface area contributed by atoms with Crippen LogP contribution < -0.4 is 0 Å². The van der Waals surface area contributed by atoms with E-state index < -0.39 is 0 Å². The average molecular weight is 288 g/mol. The summed E-state index contributed by atoms with van der Waals surface area (Å²) < 4.78 is 12.2. The molecule has 1 saturated heterocycles. The molecule has 1 aromatic rings. The number of rotatable bonds is 5. The van der Waals surface area contributed by atoms with Gasteiger partial charge in [-0.05, 0) is 49.3 Å². The summed E-state index contributed by atoms with van der Waals surface area (Å²) in [7, 11) is 0. The van der Waals surface area contributed by atoms with Crippen LogP contribution >= 0.6 is 0 Å². The Morgan fingerprint density at radius 2 is 2.05 bits per heavy atom. The SMILES string of the molecule is c1cc(CO[C@H]2CC[C@@H]3[C@@H]2OCCN3CC2CC2)ccn1. The van der Waals surface area contributed by atoms with Gasteiger partial charge >= 0.3 is 0 Å². The smallest absolute Gasteiger partial charge is 0.0992 e. The van der Waals surface area contributed by atoms with Gasteiger partial charge < -0.3 is 9.47 Å². The molecule has 1 aromatic heterocycles. The summed E-state index contributed by atoms with van der Waals surface area (Å²) in [6, 6.07) is 4.63. The lowest BCUT2D eigenvalue weighted by molar-refractivity contribution is -0.117. The molecule has 4 heteroatoms. The van der Waals surface area contributed by atoms with Crippen molar-refractivity contribution in [1.82, 2.24) is 9.88 Å². The molecule has 21 heavy (non-hydrogen) atoms. The van der Waals surface area contributed by atoms with Crippen LogP contribution in [0.5, 0.6) is 0 Å². The van der Waals surface area contributed by atoms with E-state index in [0.29, 0.717) is 12.6 Å². The quantitative estimate of drug-likeness (QED) is 0.832. The number of ether oxygens (including phenoxy) is 2. The molecule has 0 radical (unpaired) electrons. The molecular formula is C17H24N2O2. The Bertz CT molecular complexity index is 463. The maximum absolute atomic E-state index is 6.15.